The van der Waals surface area contributed by atoms with Crippen molar-refractivity contribution < 1.29 is 4.79 Å². The van der Waals surface area contributed by atoms with Gasteiger partial charge in [-0.05, 0) is 44.4 Å². The average Bonchev–Trinajstić information content (AvgIpc) is 2.81. The molecule has 4 heteroatoms. The van der Waals surface area contributed by atoms with E-state index in [-0.39, 0.29) is 11.9 Å². The molecule has 3 rings (SSSR count). The Morgan fingerprint density at radius 3 is 2.95 bits per heavy atom. The molecule has 1 aromatic carbocycles. The predicted molar refractivity (Wildman–Crippen MR) is 82.5 cm³/mol. The van der Waals surface area contributed by atoms with Crippen LogP contribution in [0.3, 0.4) is 0 Å². The minimum atomic E-state index is 0.0292. The van der Waals surface area contributed by atoms with E-state index in [0.717, 1.165) is 47.6 Å². The number of nitrogens with one attached hydrogen (secondary N) is 1. The lowest BCUT2D eigenvalue weighted by molar-refractivity contribution is 0.0927. The number of benzene rings is 1. The molecule has 0 fully saturated rings. The second-order valence-corrected chi connectivity index (χ2v) is 5.91. The summed E-state index contributed by atoms with van der Waals surface area (Å²) in [7, 11) is 0. The molecule has 0 saturated heterocycles. The van der Waals surface area contributed by atoms with E-state index in [1.54, 1.807) is 0 Å². The lowest BCUT2D eigenvalue weighted by Gasteiger charge is -2.25. The summed E-state index contributed by atoms with van der Waals surface area (Å²) in [5.41, 5.74) is 4.04. The van der Waals surface area contributed by atoms with Gasteiger partial charge in [0.2, 0.25) is 0 Å². The van der Waals surface area contributed by atoms with Crippen LogP contribution in [0.25, 0.3) is 0 Å². The fourth-order valence-corrected chi connectivity index (χ4v) is 2.96. The van der Waals surface area contributed by atoms with E-state index in [0.29, 0.717) is 0 Å². The third-order valence-corrected chi connectivity index (χ3v) is 4.30. The van der Waals surface area contributed by atoms with Crippen LogP contribution in [0, 0.1) is 20.8 Å². The number of aromatic nitrogens is 2. The Kier molecular flexibility index (Phi) is 3.53. The van der Waals surface area contributed by atoms with Crippen molar-refractivity contribution in [2.75, 3.05) is 0 Å². The van der Waals surface area contributed by atoms with Crippen molar-refractivity contribution in [2.45, 2.75) is 46.2 Å². The van der Waals surface area contributed by atoms with Crippen LogP contribution < -0.4 is 5.32 Å². The van der Waals surface area contributed by atoms with E-state index < -0.39 is 0 Å². The van der Waals surface area contributed by atoms with Gasteiger partial charge in [0.25, 0.3) is 5.91 Å². The van der Waals surface area contributed by atoms with E-state index >= 15 is 0 Å². The number of carbonyl (C=O) groups is 1. The molecule has 1 amide bonds. The van der Waals surface area contributed by atoms with Gasteiger partial charge in [-0.15, -0.1) is 0 Å². The first-order valence-electron chi connectivity index (χ1n) is 7.44. The Bertz CT molecular complexity index is 687. The first-order valence-corrected chi connectivity index (χ1v) is 7.44. The average molecular weight is 283 g/mol. The monoisotopic (exact) mass is 283 g/mol. The first kappa shape index (κ1) is 13.9. The summed E-state index contributed by atoms with van der Waals surface area (Å²) in [6.07, 6.45) is 3.93. The number of hydrogen-bond acceptors (Lipinski definition) is 2. The number of hydrogen-bond donors (Lipinski definition) is 1. The summed E-state index contributed by atoms with van der Waals surface area (Å²) in [6.45, 7) is 6.86. The molecule has 110 valence electrons. The summed E-state index contributed by atoms with van der Waals surface area (Å²) in [6, 6.07) is 6.05. The van der Waals surface area contributed by atoms with Crippen LogP contribution >= 0.6 is 0 Å². The second-order valence-electron chi connectivity index (χ2n) is 5.91. The summed E-state index contributed by atoms with van der Waals surface area (Å²) < 4.78 is 2.16. The number of aryl methyl sites for hydroxylation is 3. The van der Waals surface area contributed by atoms with E-state index in [1.807, 2.05) is 39.0 Å². The highest BCUT2D eigenvalue weighted by Crippen LogP contribution is 2.17. The molecule has 0 aliphatic carbocycles. The van der Waals surface area contributed by atoms with E-state index in [4.69, 9.17) is 0 Å². The molecule has 2 heterocycles. The Morgan fingerprint density at radius 1 is 1.33 bits per heavy atom. The second kappa shape index (κ2) is 5.35. The van der Waals surface area contributed by atoms with Gasteiger partial charge in [0.1, 0.15) is 5.82 Å². The van der Waals surface area contributed by atoms with Crippen LogP contribution in [-0.4, -0.2) is 21.5 Å². The van der Waals surface area contributed by atoms with Crippen molar-refractivity contribution in [1.82, 2.24) is 14.9 Å². The Labute approximate surface area is 125 Å². The minimum Gasteiger partial charge on any atom is -0.347 e. The van der Waals surface area contributed by atoms with Crippen molar-refractivity contribution in [2.24, 2.45) is 0 Å². The number of rotatable bonds is 2. The molecule has 21 heavy (non-hydrogen) atoms. The third-order valence-electron chi connectivity index (χ3n) is 4.30. The highest BCUT2D eigenvalue weighted by Gasteiger charge is 2.22. The number of imidazole rings is 1. The molecule has 0 spiro atoms. The smallest absolute Gasteiger partial charge is 0.251 e. The summed E-state index contributed by atoms with van der Waals surface area (Å²) in [5.74, 6) is 1.16. The molecule has 4 nitrogen and oxygen atoms in total. The van der Waals surface area contributed by atoms with Crippen LogP contribution in [0.1, 0.15) is 39.4 Å². The molecule has 0 saturated carbocycles. The third kappa shape index (κ3) is 2.71. The Balaban J connectivity index is 1.73. The SMILES string of the molecule is Cc1cn2c(n1)CCC(NC(=O)c1cccc(C)c1C)C2. The van der Waals surface area contributed by atoms with Crippen molar-refractivity contribution in [3.63, 3.8) is 0 Å². The normalized spacial score (nSPS) is 17.4. The maximum absolute atomic E-state index is 12.5. The molecular weight excluding hydrogens is 262 g/mol. The number of amides is 1. The fourth-order valence-electron chi connectivity index (χ4n) is 2.96. The molecule has 1 aliphatic heterocycles. The van der Waals surface area contributed by atoms with E-state index in [9.17, 15) is 4.79 Å². The molecular formula is C17H21N3O. The van der Waals surface area contributed by atoms with Crippen molar-refractivity contribution in [1.29, 1.82) is 0 Å². The zero-order chi connectivity index (χ0) is 15.0. The highest BCUT2D eigenvalue weighted by molar-refractivity contribution is 5.96. The van der Waals surface area contributed by atoms with E-state index in [2.05, 4.69) is 21.1 Å². The zero-order valence-electron chi connectivity index (χ0n) is 12.8. The molecule has 1 aliphatic rings. The largest absolute Gasteiger partial charge is 0.347 e. The number of nitrogens with zero attached hydrogens (tertiary/aromatic N) is 2. The Hall–Kier alpha value is -2.10. The van der Waals surface area contributed by atoms with Crippen molar-refractivity contribution >= 4 is 5.91 Å². The summed E-state index contributed by atoms with van der Waals surface area (Å²) in [4.78, 5) is 17.0. The Morgan fingerprint density at radius 2 is 2.14 bits per heavy atom. The molecule has 1 unspecified atom stereocenters. The molecule has 2 aromatic rings. The van der Waals surface area contributed by atoms with Gasteiger partial charge in [-0.25, -0.2) is 4.98 Å². The number of fused-ring (bicyclic) bond motifs is 1. The fraction of sp³-hybridized carbons (Fsp3) is 0.412. The van der Waals surface area contributed by atoms with Gasteiger partial charge in [-0.2, -0.15) is 0 Å². The molecule has 1 N–H and O–H groups in total. The molecule has 1 atom stereocenters. The van der Waals surface area contributed by atoms with Gasteiger partial charge < -0.3 is 9.88 Å². The van der Waals surface area contributed by atoms with Crippen molar-refractivity contribution in [3.05, 3.63) is 52.6 Å². The zero-order valence-corrected chi connectivity index (χ0v) is 12.8. The highest BCUT2D eigenvalue weighted by atomic mass is 16.1. The minimum absolute atomic E-state index is 0.0292. The maximum atomic E-state index is 12.5. The lowest BCUT2D eigenvalue weighted by atomic mass is 10.0. The summed E-state index contributed by atoms with van der Waals surface area (Å²) >= 11 is 0. The van der Waals surface area contributed by atoms with Crippen LogP contribution in [-0.2, 0) is 13.0 Å². The van der Waals surface area contributed by atoms with Gasteiger partial charge in [0.15, 0.2) is 0 Å². The van der Waals surface area contributed by atoms with Crippen molar-refractivity contribution in [3.8, 4) is 0 Å². The topological polar surface area (TPSA) is 46.9 Å². The maximum Gasteiger partial charge on any atom is 0.251 e. The van der Waals surface area contributed by atoms with Crippen LogP contribution in [0.4, 0.5) is 0 Å². The van der Waals surface area contributed by atoms with Crippen LogP contribution in [0.2, 0.25) is 0 Å². The standard InChI is InChI=1S/C17H21N3O/c1-11-5-4-6-15(13(11)3)17(21)19-14-7-8-16-18-12(2)9-20(16)10-14/h4-6,9,14H,7-8,10H2,1-3H3,(H,19,21). The van der Waals surface area contributed by atoms with Gasteiger partial charge >= 0.3 is 0 Å². The molecule has 0 radical (unpaired) electrons. The molecule has 1 aromatic heterocycles. The quantitative estimate of drug-likeness (QED) is 0.920. The molecule has 0 bridgehead atoms. The summed E-state index contributed by atoms with van der Waals surface area (Å²) in [5, 5.41) is 3.17. The first-order chi connectivity index (χ1) is 10.0. The van der Waals surface area contributed by atoms with Crippen LogP contribution in [0.5, 0.6) is 0 Å². The van der Waals surface area contributed by atoms with Gasteiger partial charge in [-0.3, -0.25) is 4.79 Å². The van der Waals surface area contributed by atoms with Gasteiger partial charge in [0.05, 0.1) is 5.69 Å². The van der Waals surface area contributed by atoms with Gasteiger partial charge in [-0.1, -0.05) is 12.1 Å². The van der Waals surface area contributed by atoms with E-state index in [1.165, 1.54) is 0 Å². The lowest BCUT2D eigenvalue weighted by Crippen LogP contribution is -2.41. The van der Waals surface area contributed by atoms with Gasteiger partial charge in [0, 0.05) is 30.8 Å². The number of carbonyl (C=O) groups excluding carboxylic acids is 1. The van der Waals surface area contributed by atoms with Crippen LogP contribution in [0.15, 0.2) is 24.4 Å². The predicted octanol–water partition coefficient (Wildman–Crippen LogP) is 2.55.